The fourth-order valence-electron chi connectivity index (χ4n) is 3.50. The van der Waals surface area contributed by atoms with E-state index < -0.39 is 0 Å². The molecule has 8 nitrogen and oxygen atoms in total. The van der Waals surface area contributed by atoms with E-state index in [0.717, 1.165) is 27.8 Å². The minimum atomic E-state index is 0.0907. The fourth-order valence-corrected chi connectivity index (χ4v) is 3.73. The maximum absolute atomic E-state index is 11.4. The summed E-state index contributed by atoms with van der Waals surface area (Å²) in [4.78, 5) is 25.9. The Labute approximate surface area is 165 Å². The van der Waals surface area contributed by atoms with E-state index in [1.54, 1.807) is 24.2 Å². The first-order chi connectivity index (χ1) is 13.6. The molecule has 4 aromatic heterocycles. The Balaban J connectivity index is 1.58. The van der Waals surface area contributed by atoms with Crippen LogP contribution in [0.15, 0.2) is 49.4 Å². The summed E-state index contributed by atoms with van der Waals surface area (Å²) in [6.45, 7) is 2.94. The Kier molecular flexibility index (Phi) is 3.87. The monoisotopic (exact) mass is 393 g/mol. The van der Waals surface area contributed by atoms with Crippen molar-refractivity contribution >= 4 is 28.5 Å². The number of nitrogens with zero attached hydrogens (tertiary/aromatic N) is 7. The molecule has 5 rings (SSSR count). The number of hydrogen-bond acceptors (Lipinski definition) is 5. The molecule has 1 fully saturated rings. The van der Waals surface area contributed by atoms with Gasteiger partial charge < -0.3 is 9.47 Å². The van der Waals surface area contributed by atoms with Gasteiger partial charge in [-0.1, -0.05) is 11.6 Å². The predicted molar refractivity (Wildman–Crippen MR) is 104 cm³/mol. The second-order valence-electron chi connectivity index (χ2n) is 6.77. The van der Waals surface area contributed by atoms with Gasteiger partial charge in [0.1, 0.15) is 17.1 Å². The number of hydrogen-bond donors (Lipinski definition) is 0. The first-order valence-corrected chi connectivity index (χ1v) is 9.21. The molecule has 1 amide bonds. The number of rotatable bonds is 3. The summed E-state index contributed by atoms with van der Waals surface area (Å²) in [5, 5.41) is 5.68. The summed E-state index contributed by atoms with van der Waals surface area (Å²) < 4.78 is 3.88. The highest BCUT2D eigenvalue weighted by Gasteiger charge is 2.30. The molecule has 1 saturated heterocycles. The van der Waals surface area contributed by atoms with E-state index in [4.69, 9.17) is 11.6 Å². The van der Waals surface area contributed by atoms with E-state index in [1.807, 2.05) is 40.0 Å². The zero-order chi connectivity index (χ0) is 19.3. The summed E-state index contributed by atoms with van der Waals surface area (Å²) in [5.41, 5.74) is 3.49. The van der Waals surface area contributed by atoms with Gasteiger partial charge in [0, 0.05) is 55.9 Å². The summed E-state index contributed by atoms with van der Waals surface area (Å²) in [7, 11) is 0. The van der Waals surface area contributed by atoms with Crippen LogP contribution in [0.2, 0.25) is 5.15 Å². The molecular formula is C19H16ClN7O. The van der Waals surface area contributed by atoms with Crippen LogP contribution in [0.4, 0.5) is 0 Å². The Morgan fingerprint density at radius 3 is 2.71 bits per heavy atom. The molecule has 140 valence electrons. The number of carbonyl (C=O) groups is 1. The van der Waals surface area contributed by atoms with Crippen LogP contribution in [0.1, 0.15) is 13.0 Å². The predicted octanol–water partition coefficient (Wildman–Crippen LogP) is 2.74. The lowest BCUT2D eigenvalue weighted by molar-refractivity contribution is -0.134. The van der Waals surface area contributed by atoms with Gasteiger partial charge in [-0.3, -0.25) is 14.5 Å². The second-order valence-corrected chi connectivity index (χ2v) is 7.13. The number of pyridine rings is 1. The molecule has 0 saturated carbocycles. The average Bonchev–Trinajstić information content (AvgIpc) is 3.26. The quantitative estimate of drug-likeness (QED) is 0.500. The molecular weight excluding hydrogens is 378 g/mol. The number of aromatic nitrogens is 6. The molecule has 0 atom stereocenters. The molecule has 0 unspecified atom stereocenters. The summed E-state index contributed by atoms with van der Waals surface area (Å²) in [6, 6.07) is 4.01. The van der Waals surface area contributed by atoms with Gasteiger partial charge >= 0.3 is 0 Å². The Morgan fingerprint density at radius 1 is 1.18 bits per heavy atom. The Morgan fingerprint density at radius 2 is 1.96 bits per heavy atom. The lowest BCUT2D eigenvalue weighted by atomic mass is 10.1. The summed E-state index contributed by atoms with van der Waals surface area (Å²) in [5.74, 6) is 0.0907. The van der Waals surface area contributed by atoms with Gasteiger partial charge in [0.15, 0.2) is 0 Å². The van der Waals surface area contributed by atoms with Crippen LogP contribution in [0, 0.1) is 0 Å². The van der Waals surface area contributed by atoms with E-state index in [2.05, 4.69) is 20.1 Å². The first kappa shape index (κ1) is 16.9. The number of halogens is 1. The molecule has 5 heterocycles. The molecule has 0 spiro atoms. The highest BCUT2D eigenvalue weighted by atomic mass is 35.5. The van der Waals surface area contributed by atoms with Gasteiger partial charge in [-0.15, -0.1) is 0 Å². The highest BCUT2D eigenvalue weighted by molar-refractivity contribution is 6.35. The van der Waals surface area contributed by atoms with Crippen LogP contribution in [-0.2, 0) is 4.79 Å². The smallest absolute Gasteiger partial charge is 0.219 e. The van der Waals surface area contributed by atoms with Crippen LogP contribution in [0.3, 0.4) is 0 Å². The minimum Gasteiger partial charge on any atom is -0.339 e. The van der Waals surface area contributed by atoms with Gasteiger partial charge in [0.05, 0.1) is 23.3 Å². The molecule has 4 aromatic rings. The Bertz CT molecular complexity index is 1180. The topological polar surface area (TPSA) is 81.7 Å². The summed E-state index contributed by atoms with van der Waals surface area (Å²) >= 11 is 6.43. The van der Waals surface area contributed by atoms with Crippen molar-refractivity contribution in [3.63, 3.8) is 0 Å². The fraction of sp³-hybridized carbons (Fsp3) is 0.211. The molecule has 1 aliphatic heterocycles. The average molecular weight is 394 g/mol. The number of fused-ring (bicyclic) bond motifs is 1. The third-order valence-corrected chi connectivity index (χ3v) is 5.36. The first-order valence-electron chi connectivity index (χ1n) is 8.84. The van der Waals surface area contributed by atoms with Crippen LogP contribution in [0.5, 0.6) is 0 Å². The van der Waals surface area contributed by atoms with Gasteiger partial charge in [-0.2, -0.15) is 5.10 Å². The molecule has 9 heteroatoms. The van der Waals surface area contributed by atoms with Crippen molar-refractivity contribution in [3.05, 3.63) is 54.6 Å². The maximum atomic E-state index is 11.4. The van der Waals surface area contributed by atoms with Crippen LogP contribution in [0.25, 0.3) is 27.8 Å². The van der Waals surface area contributed by atoms with E-state index in [-0.39, 0.29) is 11.9 Å². The van der Waals surface area contributed by atoms with Gasteiger partial charge in [0.25, 0.3) is 0 Å². The van der Waals surface area contributed by atoms with E-state index in [0.29, 0.717) is 18.2 Å². The molecule has 0 N–H and O–H groups in total. The highest BCUT2D eigenvalue weighted by Crippen LogP contribution is 2.35. The lowest BCUT2D eigenvalue weighted by Crippen LogP contribution is -2.49. The third kappa shape index (κ3) is 2.65. The molecule has 0 radical (unpaired) electrons. The van der Waals surface area contributed by atoms with E-state index >= 15 is 0 Å². The third-order valence-electron chi connectivity index (χ3n) is 5.07. The van der Waals surface area contributed by atoms with Crippen molar-refractivity contribution in [2.24, 2.45) is 0 Å². The van der Waals surface area contributed by atoms with Crippen molar-refractivity contribution in [1.29, 1.82) is 0 Å². The van der Waals surface area contributed by atoms with Crippen LogP contribution in [-0.4, -0.2) is 53.2 Å². The number of likely N-dealkylation sites (tertiary alicyclic amines) is 1. The second kappa shape index (κ2) is 6.42. The molecule has 1 aliphatic rings. The zero-order valence-electron chi connectivity index (χ0n) is 15.0. The lowest BCUT2D eigenvalue weighted by Gasteiger charge is -2.38. The van der Waals surface area contributed by atoms with Crippen LogP contribution >= 0.6 is 11.6 Å². The molecule has 0 aliphatic carbocycles. The molecule has 28 heavy (non-hydrogen) atoms. The molecule has 0 aromatic carbocycles. The van der Waals surface area contributed by atoms with Crippen molar-refractivity contribution in [2.75, 3.05) is 13.1 Å². The zero-order valence-corrected chi connectivity index (χ0v) is 15.8. The number of carbonyl (C=O) groups excluding carboxylic acids is 1. The number of amides is 1. The maximum Gasteiger partial charge on any atom is 0.219 e. The van der Waals surface area contributed by atoms with Gasteiger partial charge in [0.2, 0.25) is 5.91 Å². The van der Waals surface area contributed by atoms with Crippen molar-refractivity contribution in [3.8, 4) is 16.8 Å². The molecule has 0 bridgehead atoms. The minimum absolute atomic E-state index is 0.0907. The normalized spacial score (nSPS) is 14.4. The van der Waals surface area contributed by atoms with Crippen molar-refractivity contribution in [2.45, 2.75) is 13.0 Å². The van der Waals surface area contributed by atoms with Gasteiger partial charge in [-0.05, 0) is 12.1 Å². The van der Waals surface area contributed by atoms with E-state index in [9.17, 15) is 4.79 Å². The van der Waals surface area contributed by atoms with Gasteiger partial charge in [-0.25, -0.2) is 9.97 Å². The van der Waals surface area contributed by atoms with Crippen molar-refractivity contribution in [1.82, 2.24) is 34.2 Å². The Hall–Kier alpha value is -3.26. The standard InChI is InChI=1S/C19H16ClN7O/c1-12(28)25-8-15(9-25)27-7-13(6-24-27)16-10-26(14-2-4-21-5-3-14)19-17(16)18(20)22-11-23-19/h2-7,10-11,15H,8-9H2,1H3. The van der Waals surface area contributed by atoms with Crippen molar-refractivity contribution < 1.29 is 4.79 Å². The van der Waals surface area contributed by atoms with Crippen LogP contribution < -0.4 is 0 Å². The SMILES string of the molecule is CC(=O)N1CC(n2cc(-c3cn(-c4ccncc4)c4ncnc(Cl)c34)cn2)C1. The summed E-state index contributed by atoms with van der Waals surface area (Å²) in [6.07, 6.45) is 10.7. The largest absolute Gasteiger partial charge is 0.339 e. The van der Waals surface area contributed by atoms with E-state index in [1.165, 1.54) is 6.33 Å².